The summed E-state index contributed by atoms with van der Waals surface area (Å²) in [5.41, 5.74) is 0.619. The summed E-state index contributed by atoms with van der Waals surface area (Å²) < 4.78 is 15.9. The molecule has 0 aliphatic carbocycles. The summed E-state index contributed by atoms with van der Waals surface area (Å²) in [4.78, 5) is 53.4. The highest BCUT2D eigenvalue weighted by molar-refractivity contribution is 6.05. The second-order valence-corrected chi connectivity index (χ2v) is 8.53. The maximum absolute atomic E-state index is 12.9. The minimum atomic E-state index is -0.746. The molecule has 2 amide bonds. The molecule has 1 unspecified atom stereocenters. The normalized spacial score (nSPS) is 17.7. The number of ketones is 1. The lowest BCUT2D eigenvalue weighted by Gasteiger charge is -2.39. The number of esters is 1. The molecule has 10 heteroatoms. The maximum Gasteiger partial charge on any atom is 0.325 e. The van der Waals surface area contributed by atoms with E-state index in [2.05, 4.69) is 5.32 Å². The van der Waals surface area contributed by atoms with Gasteiger partial charge in [-0.1, -0.05) is 13.8 Å². The molecule has 1 atom stereocenters. The molecule has 1 N–H and O–H groups in total. The van der Waals surface area contributed by atoms with Crippen LogP contribution in [-0.4, -0.2) is 79.0 Å². The highest BCUT2D eigenvalue weighted by Gasteiger charge is 2.36. The third kappa shape index (κ3) is 6.01. The predicted molar refractivity (Wildman–Crippen MR) is 119 cm³/mol. The molecular formula is C23H31N3O7. The van der Waals surface area contributed by atoms with Gasteiger partial charge in [0.15, 0.2) is 17.3 Å². The number of fused-ring (bicyclic) bond motifs is 1. The standard InChI is InChI=1S/C23H31N3O7/c1-5-31-23(30)18-11-26(22(29)8-14(2)3)7-6-25(18)12-21(28)24-17-10-20-19(32-13-33-20)9-16(17)15(4)27/h9-10,14,18H,5-8,11-13H2,1-4H3,(H,24,28). The summed E-state index contributed by atoms with van der Waals surface area (Å²) >= 11 is 0. The minimum absolute atomic E-state index is 0.0186. The summed E-state index contributed by atoms with van der Waals surface area (Å²) in [6.07, 6.45) is 0.397. The Balaban J connectivity index is 1.72. The van der Waals surface area contributed by atoms with Crippen molar-refractivity contribution in [1.82, 2.24) is 9.80 Å². The van der Waals surface area contributed by atoms with Crippen LogP contribution in [0.25, 0.3) is 0 Å². The number of carbonyl (C=O) groups is 4. The lowest BCUT2D eigenvalue weighted by Crippen LogP contribution is -2.59. The van der Waals surface area contributed by atoms with Crippen LogP contribution in [0.1, 0.15) is 44.5 Å². The van der Waals surface area contributed by atoms with Crippen LogP contribution in [-0.2, 0) is 19.1 Å². The van der Waals surface area contributed by atoms with Crippen molar-refractivity contribution in [3.8, 4) is 11.5 Å². The van der Waals surface area contributed by atoms with Crippen molar-refractivity contribution < 1.29 is 33.4 Å². The molecule has 0 spiro atoms. The molecule has 33 heavy (non-hydrogen) atoms. The Morgan fingerprint density at radius 3 is 2.48 bits per heavy atom. The van der Waals surface area contributed by atoms with Crippen LogP contribution in [0.15, 0.2) is 12.1 Å². The van der Waals surface area contributed by atoms with E-state index in [1.54, 1.807) is 28.9 Å². The number of rotatable bonds is 8. The largest absolute Gasteiger partial charge is 0.465 e. The lowest BCUT2D eigenvalue weighted by molar-refractivity contribution is -0.154. The number of amides is 2. The van der Waals surface area contributed by atoms with Crippen LogP contribution >= 0.6 is 0 Å². The Kier molecular flexibility index (Phi) is 7.91. The van der Waals surface area contributed by atoms with Gasteiger partial charge in [0, 0.05) is 37.7 Å². The number of hydrogen-bond acceptors (Lipinski definition) is 8. The van der Waals surface area contributed by atoms with Crippen molar-refractivity contribution in [3.05, 3.63) is 17.7 Å². The van der Waals surface area contributed by atoms with Crippen LogP contribution in [0.4, 0.5) is 5.69 Å². The Bertz CT molecular complexity index is 931. The third-order valence-corrected chi connectivity index (χ3v) is 5.50. The lowest BCUT2D eigenvalue weighted by atomic mass is 10.1. The van der Waals surface area contributed by atoms with Gasteiger partial charge in [0.1, 0.15) is 6.04 Å². The third-order valence-electron chi connectivity index (χ3n) is 5.50. The van der Waals surface area contributed by atoms with Gasteiger partial charge in [0.05, 0.1) is 18.8 Å². The molecule has 0 radical (unpaired) electrons. The molecule has 1 aromatic rings. The summed E-state index contributed by atoms with van der Waals surface area (Å²) in [6.45, 7) is 8.12. The smallest absolute Gasteiger partial charge is 0.325 e. The average molecular weight is 462 g/mol. The van der Waals surface area contributed by atoms with E-state index in [1.807, 2.05) is 13.8 Å². The predicted octanol–water partition coefficient (Wildman–Crippen LogP) is 1.68. The second kappa shape index (κ2) is 10.7. The minimum Gasteiger partial charge on any atom is -0.465 e. The van der Waals surface area contributed by atoms with E-state index in [1.165, 1.54) is 6.92 Å². The molecule has 2 aliphatic rings. The van der Waals surface area contributed by atoms with Crippen LogP contribution in [0.3, 0.4) is 0 Å². The summed E-state index contributed by atoms with van der Waals surface area (Å²) in [5.74, 6) is -0.0214. The van der Waals surface area contributed by atoms with Crippen LogP contribution < -0.4 is 14.8 Å². The fraction of sp³-hybridized carbons (Fsp3) is 0.565. The van der Waals surface area contributed by atoms with Crippen LogP contribution in [0, 0.1) is 5.92 Å². The molecule has 3 rings (SSSR count). The SMILES string of the molecule is CCOC(=O)C1CN(C(=O)CC(C)C)CCN1CC(=O)Nc1cc2c(cc1C(C)=O)OCO2. The highest BCUT2D eigenvalue weighted by atomic mass is 16.7. The molecule has 10 nitrogen and oxygen atoms in total. The number of nitrogens with one attached hydrogen (secondary N) is 1. The average Bonchev–Trinajstić information content (AvgIpc) is 3.20. The van der Waals surface area contributed by atoms with E-state index in [9.17, 15) is 19.2 Å². The first-order valence-electron chi connectivity index (χ1n) is 11.1. The van der Waals surface area contributed by atoms with E-state index < -0.39 is 17.9 Å². The van der Waals surface area contributed by atoms with Crippen molar-refractivity contribution in [1.29, 1.82) is 0 Å². The van der Waals surface area contributed by atoms with Crippen molar-refractivity contribution in [2.24, 2.45) is 5.92 Å². The molecule has 2 aliphatic heterocycles. The molecule has 1 saturated heterocycles. The van der Waals surface area contributed by atoms with Crippen LogP contribution in [0.2, 0.25) is 0 Å². The van der Waals surface area contributed by atoms with E-state index in [4.69, 9.17) is 14.2 Å². The van der Waals surface area contributed by atoms with Gasteiger partial charge in [-0.05, 0) is 25.8 Å². The maximum atomic E-state index is 12.9. The van der Waals surface area contributed by atoms with Crippen LogP contribution in [0.5, 0.6) is 11.5 Å². The summed E-state index contributed by atoms with van der Waals surface area (Å²) in [7, 11) is 0. The number of Topliss-reactive ketones (excluding diaryl/α,β-unsaturated/α-hetero) is 1. The van der Waals surface area contributed by atoms with Crippen molar-refractivity contribution in [2.45, 2.75) is 40.2 Å². The second-order valence-electron chi connectivity index (χ2n) is 8.53. The van der Waals surface area contributed by atoms with Gasteiger partial charge in [0.25, 0.3) is 0 Å². The topological polar surface area (TPSA) is 114 Å². The zero-order valence-electron chi connectivity index (χ0n) is 19.5. The molecule has 1 fully saturated rings. The zero-order valence-corrected chi connectivity index (χ0v) is 19.5. The summed E-state index contributed by atoms with van der Waals surface area (Å²) in [5, 5.41) is 2.75. The number of piperazine rings is 1. The number of nitrogens with zero attached hydrogens (tertiary/aromatic N) is 2. The number of hydrogen-bond donors (Lipinski definition) is 1. The number of ether oxygens (including phenoxy) is 3. The molecule has 180 valence electrons. The molecule has 0 aromatic heterocycles. The molecule has 0 saturated carbocycles. The van der Waals surface area contributed by atoms with E-state index in [0.29, 0.717) is 42.3 Å². The van der Waals surface area contributed by atoms with Gasteiger partial charge in [-0.2, -0.15) is 0 Å². The zero-order chi connectivity index (χ0) is 24.1. The first kappa shape index (κ1) is 24.5. The fourth-order valence-electron chi connectivity index (χ4n) is 3.89. The van der Waals surface area contributed by atoms with Gasteiger partial charge in [0.2, 0.25) is 18.6 Å². The van der Waals surface area contributed by atoms with Gasteiger partial charge < -0.3 is 24.4 Å². The first-order valence-corrected chi connectivity index (χ1v) is 11.1. The number of carbonyl (C=O) groups excluding carboxylic acids is 4. The number of anilines is 1. The van der Waals surface area contributed by atoms with Crippen molar-refractivity contribution in [2.75, 3.05) is 44.9 Å². The van der Waals surface area contributed by atoms with Gasteiger partial charge in [-0.15, -0.1) is 0 Å². The Morgan fingerprint density at radius 1 is 1.15 bits per heavy atom. The fourth-order valence-corrected chi connectivity index (χ4v) is 3.89. The van der Waals surface area contributed by atoms with E-state index in [0.717, 1.165) is 0 Å². The van der Waals surface area contributed by atoms with Gasteiger partial charge in [-0.3, -0.25) is 24.1 Å². The van der Waals surface area contributed by atoms with E-state index in [-0.39, 0.29) is 44.1 Å². The van der Waals surface area contributed by atoms with Crippen molar-refractivity contribution in [3.63, 3.8) is 0 Å². The molecular weight excluding hydrogens is 430 g/mol. The molecule has 1 aromatic carbocycles. The summed E-state index contributed by atoms with van der Waals surface area (Å²) in [6, 6.07) is 2.35. The molecule has 0 bridgehead atoms. The molecule has 2 heterocycles. The monoisotopic (exact) mass is 461 g/mol. The van der Waals surface area contributed by atoms with E-state index >= 15 is 0 Å². The Morgan fingerprint density at radius 2 is 1.85 bits per heavy atom. The van der Waals surface area contributed by atoms with Crippen molar-refractivity contribution >= 4 is 29.3 Å². The highest BCUT2D eigenvalue weighted by Crippen LogP contribution is 2.37. The number of benzene rings is 1. The quantitative estimate of drug-likeness (QED) is 0.459. The Labute approximate surface area is 193 Å². The Hall–Kier alpha value is -3.14. The van der Waals surface area contributed by atoms with Gasteiger partial charge in [-0.25, -0.2) is 0 Å². The first-order chi connectivity index (χ1) is 15.7. The van der Waals surface area contributed by atoms with Gasteiger partial charge >= 0.3 is 5.97 Å².